The van der Waals surface area contributed by atoms with Crippen molar-refractivity contribution in [2.45, 2.75) is 45.1 Å². The van der Waals surface area contributed by atoms with Gasteiger partial charge in [0.15, 0.2) is 18.2 Å². The summed E-state index contributed by atoms with van der Waals surface area (Å²) in [7, 11) is 0. The zero-order chi connectivity index (χ0) is 26.0. The summed E-state index contributed by atoms with van der Waals surface area (Å²) in [5, 5.41) is 8.70. The molecule has 1 N–H and O–H groups in total. The van der Waals surface area contributed by atoms with Crippen LogP contribution in [0, 0.1) is 5.82 Å². The van der Waals surface area contributed by atoms with Crippen molar-refractivity contribution in [3.8, 4) is 16.9 Å². The molecule has 2 unspecified atom stereocenters. The Morgan fingerprint density at radius 1 is 1.31 bits per heavy atom. The lowest BCUT2D eigenvalue weighted by Crippen LogP contribution is -2.34. The summed E-state index contributed by atoms with van der Waals surface area (Å²) in [6.45, 7) is 3.48. The van der Waals surface area contributed by atoms with Crippen molar-refractivity contribution in [1.82, 2.24) is 4.98 Å². The second-order valence-electron chi connectivity index (χ2n) is 8.89. The first kappa shape index (κ1) is 26.1. The van der Waals surface area contributed by atoms with E-state index in [0.29, 0.717) is 36.3 Å². The lowest BCUT2D eigenvalue weighted by molar-refractivity contribution is -0.139. The number of halogens is 2. The highest BCUT2D eigenvalue weighted by Gasteiger charge is 2.32. The average molecular weight is 532 g/mol. The summed E-state index contributed by atoms with van der Waals surface area (Å²) in [5.74, 6) is -1.81. The minimum Gasteiger partial charge on any atom is -0.755 e. The van der Waals surface area contributed by atoms with E-state index in [9.17, 15) is 17.9 Å². The second-order valence-corrected chi connectivity index (χ2v) is 10.1. The van der Waals surface area contributed by atoms with Crippen LogP contribution >= 0.6 is 11.6 Å². The molecule has 1 aromatic heterocycles. The van der Waals surface area contributed by atoms with Gasteiger partial charge in [0, 0.05) is 28.6 Å². The Balaban J connectivity index is 1.71. The van der Waals surface area contributed by atoms with Gasteiger partial charge in [-0.15, -0.1) is 0 Å². The molecule has 190 valence electrons. The lowest BCUT2D eigenvalue weighted by Gasteiger charge is -2.38. The van der Waals surface area contributed by atoms with E-state index in [4.69, 9.17) is 21.4 Å². The van der Waals surface area contributed by atoms with Crippen LogP contribution in [-0.4, -0.2) is 31.4 Å². The predicted octanol–water partition coefficient (Wildman–Crippen LogP) is 5.81. The number of ether oxygens (including phenoxy) is 1. The van der Waals surface area contributed by atoms with Crippen LogP contribution in [0.3, 0.4) is 0 Å². The summed E-state index contributed by atoms with van der Waals surface area (Å²) in [6, 6.07) is 12.2. The highest BCUT2D eigenvalue weighted by molar-refractivity contribution is 7.80. The second kappa shape index (κ2) is 10.9. The molecule has 1 aliphatic carbocycles. The Labute approximate surface area is 216 Å². The van der Waals surface area contributed by atoms with Crippen LogP contribution in [0.15, 0.2) is 48.7 Å². The van der Waals surface area contributed by atoms with Gasteiger partial charge in [0.2, 0.25) is 0 Å². The molecular formula is C26H25ClFN2O5S-. The summed E-state index contributed by atoms with van der Waals surface area (Å²) >= 11 is 3.39. The molecule has 2 atom stereocenters. The quantitative estimate of drug-likeness (QED) is 0.368. The van der Waals surface area contributed by atoms with E-state index < -0.39 is 35.7 Å². The molecule has 0 aliphatic heterocycles. The SMILES string of the molecule is CC(C)c1cccc(-c2ccc(N(C3CCCc4c3cc(Cl)c(F)c4OCC(=O)O)S(=O)[O-])nc2)c1. The Bertz CT molecular complexity index is 1300. The molecule has 10 heteroatoms. The number of rotatable bonds is 8. The van der Waals surface area contributed by atoms with Gasteiger partial charge in [-0.2, -0.15) is 0 Å². The van der Waals surface area contributed by atoms with E-state index in [-0.39, 0.29) is 16.6 Å². The standard InChI is InChI=1S/C26H26ClFN2O5S/c1-15(2)16-5-3-6-17(11-16)18-9-10-23(29-13-18)30(36(33)34)22-8-4-7-19-20(22)12-21(27)25(28)26(19)35-14-24(31)32/h3,5-6,9-13,15,22H,4,7-8,14H2,1-2H3,(H,31,32)(H,33,34)/p-1. The lowest BCUT2D eigenvalue weighted by atomic mass is 9.86. The number of hydrogen-bond acceptors (Lipinski definition) is 5. The van der Waals surface area contributed by atoms with Gasteiger partial charge >= 0.3 is 5.97 Å². The van der Waals surface area contributed by atoms with E-state index in [2.05, 4.69) is 31.0 Å². The number of anilines is 1. The molecule has 36 heavy (non-hydrogen) atoms. The van der Waals surface area contributed by atoms with Gasteiger partial charge in [0.25, 0.3) is 0 Å². The number of carbonyl (C=O) groups is 1. The fraction of sp³-hybridized carbons (Fsp3) is 0.308. The van der Waals surface area contributed by atoms with Crippen molar-refractivity contribution in [3.05, 3.63) is 76.2 Å². The first-order chi connectivity index (χ1) is 17.2. The zero-order valence-electron chi connectivity index (χ0n) is 19.7. The Hall–Kier alpha value is -3.01. The molecule has 0 fully saturated rings. The molecule has 2 aromatic carbocycles. The molecule has 0 radical (unpaired) electrons. The first-order valence-corrected chi connectivity index (χ1v) is 12.9. The van der Waals surface area contributed by atoms with Gasteiger partial charge < -0.3 is 14.4 Å². The van der Waals surface area contributed by atoms with Crippen LogP contribution in [0.1, 0.15) is 55.3 Å². The fourth-order valence-corrected chi connectivity index (χ4v) is 5.37. The maximum atomic E-state index is 14.7. The summed E-state index contributed by atoms with van der Waals surface area (Å²) in [5.41, 5.74) is 3.87. The third kappa shape index (κ3) is 5.38. The third-order valence-corrected chi connectivity index (χ3v) is 7.26. The largest absolute Gasteiger partial charge is 0.755 e. The Kier molecular flexibility index (Phi) is 7.92. The van der Waals surface area contributed by atoms with Gasteiger partial charge in [-0.25, -0.2) is 14.2 Å². The molecule has 0 saturated heterocycles. The molecule has 1 heterocycles. The molecule has 0 spiro atoms. The summed E-state index contributed by atoms with van der Waals surface area (Å²) in [6.07, 6.45) is 3.00. The normalized spacial score (nSPS) is 15.9. The number of benzene rings is 2. The average Bonchev–Trinajstić information content (AvgIpc) is 2.85. The number of nitrogens with zero attached hydrogens (tertiary/aromatic N) is 2. The molecule has 7 nitrogen and oxygen atoms in total. The molecule has 0 amide bonds. The minimum absolute atomic E-state index is 0.207. The highest BCUT2D eigenvalue weighted by atomic mass is 35.5. The van der Waals surface area contributed by atoms with E-state index >= 15 is 0 Å². The summed E-state index contributed by atoms with van der Waals surface area (Å²) in [4.78, 5) is 15.4. The van der Waals surface area contributed by atoms with Crippen LogP contribution in [0.5, 0.6) is 5.75 Å². The fourth-order valence-electron chi connectivity index (χ4n) is 4.47. The minimum atomic E-state index is -2.70. The van der Waals surface area contributed by atoms with Crippen molar-refractivity contribution >= 4 is 34.7 Å². The van der Waals surface area contributed by atoms with Crippen LogP contribution in [0.25, 0.3) is 11.1 Å². The maximum Gasteiger partial charge on any atom is 0.341 e. The third-order valence-electron chi connectivity index (χ3n) is 6.22. The first-order valence-electron chi connectivity index (χ1n) is 11.5. The number of pyridine rings is 1. The maximum absolute atomic E-state index is 14.7. The van der Waals surface area contributed by atoms with Crippen molar-refractivity contribution in [3.63, 3.8) is 0 Å². The predicted molar refractivity (Wildman–Crippen MR) is 135 cm³/mol. The number of carboxylic acid groups (broad SMARTS) is 1. The van der Waals surface area contributed by atoms with E-state index in [1.54, 1.807) is 12.3 Å². The van der Waals surface area contributed by atoms with Crippen LogP contribution < -0.4 is 9.04 Å². The van der Waals surface area contributed by atoms with E-state index in [0.717, 1.165) is 15.4 Å². The van der Waals surface area contributed by atoms with Gasteiger partial charge in [0.05, 0.1) is 11.1 Å². The van der Waals surface area contributed by atoms with Crippen LogP contribution in [-0.2, 0) is 22.5 Å². The molecule has 3 aromatic rings. The van der Waals surface area contributed by atoms with Gasteiger partial charge in [0.1, 0.15) is 5.82 Å². The van der Waals surface area contributed by atoms with Crippen molar-refractivity contribution in [1.29, 1.82) is 0 Å². The Morgan fingerprint density at radius 3 is 2.72 bits per heavy atom. The van der Waals surface area contributed by atoms with Crippen molar-refractivity contribution < 1.29 is 27.8 Å². The van der Waals surface area contributed by atoms with E-state index in [1.165, 1.54) is 11.6 Å². The van der Waals surface area contributed by atoms with Gasteiger partial charge in [-0.3, -0.25) is 8.51 Å². The molecule has 1 aliphatic rings. The van der Waals surface area contributed by atoms with Gasteiger partial charge in [-0.1, -0.05) is 49.7 Å². The number of aliphatic carboxylic acids is 1. The zero-order valence-corrected chi connectivity index (χ0v) is 21.3. The van der Waals surface area contributed by atoms with Crippen molar-refractivity contribution in [2.24, 2.45) is 0 Å². The van der Waals surface area contributed by atoms with E-state index in [1.807, 2.05) is 18.2 Å². The number of carboxylic acids is 1. The topological polar surface area (TPSA) is 103 Å². The number of fused-ring (bicyclic) bond motifs is 1. The number of hydrogen-bond donors (Lipinski definition) is 1. The molecule has 4 rings (SSSR count). The monoisotopic (exact) mass is 531 g/mol. The molecule has 0 saturated carbocycles. The number of aromatic nitrogens is 1. The molecule has 0 bridgehead atoms. The van der Waals surface area contributed by atoms with Crippen LogP contribution in [0.2, 0.25) is 5.02 Å². The highest BCUT2D eigenvalue weighted by Crippen LogP contribution is 2.44. The Morgan fingerprint density at radius 2 is 2.08 bits per heavy atom. The molecular weight excluding hydrogens is 507 g/mol. The van der Waals surface area contributed by atoms with Crippen molar-refractivity contribution in [2.75, 3.05) is 10.9 Å². The summed E-state index contributed by atoms with van der Waals surface area (Å²) < 4.78 is 45.9. The van der Waals surface area contributed by atoms with Crippen LogP contribution in [0.4, 0.5) is 10.2 Å². The smallest absolute Gasteiger partial charge is 0.341 e. The van der Waals surface area contributed by atoms with Gasteiger partial charge in [-0.05, 0) is 60.1 Å².